The summed E-state index contributed by atoms with van der Waals surface area (Å²) in [6, 6.07) is 5.27. The lowest BCUT2D eigenvalue weighted by molar-refractivity contribution is -0.127. The van der Waals surface area contributed by atoms with Crippen LogP contribution < -0.4 is 0 Å². The Bertz CT molecular complexity index is 348. The van der Waals surface area contributed by atoms with Crippen molar-refractivity contribution in [3.63, 3.8) is 0 Å². The first kappa shape index (κ1) is 11.1. The third kappa shape index (κ3) is 3.40. The van der Waals surface area contributed by atoms with Crippen molar-refractivity contribution >= 4 is 35.8 Å². The van der Waals surface area contributed by atoms with E-state index in [4.69, 9.17) is 23.2 Å². The van der Waals surface area contributed by atoms with Crippen LogP contribution in [0.25, 0.3) is 6.08 Å². The minimum absolute atomic E-state index is 0.254. The Morgan fingerprint density at radius 2 is 2.07 bits per heavy atom. The third-order valence-corrected chi connectivity index (χ3v) is 2.25. The number of ether oxygens (including phenoxy) is 1. The van der Waals surface area contributed by atoms with E-state index in [1.54, 1.807) is 24.3 Å². The molecule has 1 aromatic carbocycles. The molecule has 0 fully saturated rings. The van der Waals surface area contributed by atoms with Crippen molar-refractivity contribution in [3.8, 4) is 0 Å². The highest BCUT2D eigenvalue weighted by atomic mass is 35.5. The summed E-state index contributed by atoms with van der Waals surface area (Å²) in [6.07, 6.45) is 3.51. The SMILES string of the molecule is O=COC/C=C/c1ccc(Cl)c(Cl)c1. The summed E-state index contributed by atoms with van der Waals surface area (Å²) < 4.78 is 4.48. The molecule has 0 saturated heterocycles. The van der Waals surface area contributed by atoms with Gasteiger partial charge in [-0.15, -0.1) is 0 Å². The Labute approximate surface area is 92.1 Å². The zero-order chi connectivity index (χ0) is 10.4. The second-order valence-corrected chi connectivity index (χ2v) is 3.32. The smallest absolute Gasteiger partial charge is 0.293 e. The quantitative estimate of drug-likeness (QED) is 0.587. The number of carbonyl (C=O) groups excluding carboxylic acids is 1. The van der Waals surface area contributed by atoms with E-state index in [0.717, 1.165) is 5.56 Å². The van der Waals surface area contributed by atoms with Crippen LogP contribution in [0.3, 0.4) is 0 Å². The van der Waals surface area contributed by atoms with Gasteiger partial charge in [0, 0.05) is 0 Å². The van der Waals surface area contributed by atoms with Crippen LogP contribution in [0.5, 0.6) is 0 Å². The van der Waals surface area contributed by atoms with Crippen LogP contribution in [-0.2, 0) is 9.53 Å². The average Bonchev–Trinajstić information content (AvgIpc) is 2.18. The molecule has 0 spiro atoms. The molecule has 0 amide bonds. The predicted octanol–water partition coefficient (Wildman–Crippen LogP) is 3.18. The van der Waals surface area contributed by atoms with Crippen LogP contribution in [0.15, 0.2) is 24.3 Å². The minimum Gasteiger partial charge on any atom is -0.464 e. The Morgan fingerprint density at radius 3 is 2.71 bits per heavy atom. The normalized spacial score (nSPS) is 10.4. The van der Waals surface area contributed by atoms with Crippen LogP contribution in [0.1, 0.15) is 5.56 Å². The fourth-order valence-corrected chi connectivity index (χ4v) is 1.20. The van der Waals surface area contributed by atoms with Gasteiger partial charge in [0.05, 0.1) is 10.0 Å². The molecule has 0 saturated carbocycles. The largest absolute Gasteiger partial charge is 0.464 e. The first-order valence-electron chi connectivity index (χ1n) is 3.91. The minimum atomic E-state index is 0.254. The standard InChI is InChI=1S/C10H8Cl2O2/c11-9-4-3-8(6-10(9)12)2-1-5-14-7-13/h1-4,6-7H,5H2/b2-1+. The van der Waals surface area contributed by atoms with Gasteiger partial charge < -0.3 is 4.74 Å². The van der Waals surface area contributed by atoms with Crippen molar-refractivity contribution in [2.75, 3.05) is 6.61 Å². The van der Waals surface area contributed by atoms with Crippen LogP contribution in [0.4, 0.5) is 0 Å². The van der Waals surface area contributed by atoms with E-state index >= 15 is 0 Å². The van der Waals surface area contributed by atoms with Gasteiger partial charge in [-0.05, 0) is 23.8 Å². The molecule has 0 radical (unpaired) electrons. The Balaban J connectivity index is 2.63. The molecule has 2 nitrogen and oxygen atoms in total. The molecule has 0 aliphatic heterocycles. The molecular formula is C10H8Cl2O2. The van der Waals surface area contributed by atoms with Gasteiger partial charge in [0.15, 0.2) is 0 Å². The molecule has 1 aromatic rings. The molecule has 1 rings (SSSR count). The Morgan fingerprint density at radius 1 is 1.29 bits per heavy atom. The predicted molar refractivity (Wildman–Crippen MR) is 57.5 cm³/mol. The maximum absolute atomic E-state index is 9.82. The second-order valence-electron chi connectivity index (χ2n) is 2.51. The van der Waals surface area contributed by atoms with Gasteiger partial charge in [0.25, 0.3) is 6.47 Å². The van der Waals surface area contributed by atoms with Crippen molar-refractivity contribution < 1.29 is 9.53 Å². The summed E-state index contributed by atoms with van der Waals surface area (Å²) in [4.78, 5) is 9.82. The topological polar surface area (TPSA) is 26.3 Å². The van der Waals surface area contributed by atoms with Gasteiger partial charge in [-0.25, -0.2) is 0 Å². The number of carbonyl (C=O) groups is 1. The number of halogens is 2. The molecule has 14 heavy (non-hydrogen) atoms. The summed E-state index contributed by atoms with van der Waals surface area (Å²) in [6.45, 7) is 0.656. The van der Waals surface area contributed by atoms with E-state index in [0.29, 0.717) is 16.5 Å². The second kappa shape index (κ2) is 5.68. The van der Waals surface area contributed by atoms with Gasteiger partial charge in [0.1, 0.15) is 6.61 Å². The van der Waals surface area contributed by atoms with E-state index in [2.05, 4.69) is 4.74 Å². The van der Waals surface area contributed by atoms with Gasteiger partial charge >= 0.3 is 0 Å². The maximum Gasteiger partial charge on any atom is 0.293 e. The number of hydrogen-bond donors (Lipinski definition) is 0. The Hall–Kier alpha value is -0.990. The summed E-state index contributed by atoms with van der Waals surface area (Å²) in [5, 5.41) is 1.03. The molecule has 0 aliphatic carbocycles. The number of rotatable bonds is 4. The molecule has 0 atom stereocenters. The summed E-state index contributed by atoms with van der Waals surface area (Å²) in [7, 11) is 0. The molecule has 0 unspecified atom stereocenters. The molecule has 74 valence electrons. The van der Waals surface area contributed by atoms with Gasteiger partial charge in [0.2, 0.25) is 0 Å². The van der Waals surface area contributed by atoms with E-state index in [1.165, 1.54) is 0 Å². The van der Waals surface area contributed by atoms with Crippen molar-refractivity contribution in [1.82, 2.24) is 0 Å². The van der Waals surface area contributed by atoms with Crippen LogP contribution >= 0.6 is 23.2 Å². The lowest BCUT2D eigenvalue weighted by Gasteiger charge is -1.97. The lowest BCUT2D eigenvalue weighted by Crippen LogP contribution is -1.85. The molecule has 0 N–H and O–H groups in total. The first-order chi connectivity index (χ1) is 6.74. The van der Waals surface area contributed by atoms with Crippen LogP contribution in [0.2, 0.25) is 10.0 Å². The van der Waals surface area contributed by atoms with Gasteiger partial charge in [-0.2, -0.15) is 0 Å². The van der Waals surface area contributed by atoms with Gasteiger partial charge in [-0.3, -0.25) is 4.79 Å². The van der Waals surface area contributed by atoms with E-state index in [9.17, 15) is 4.79 Å². The summed E-state index contributed by atoms with van der Waals surface area (Å²) >= 11 is 11.5. The van der Waals surface area contributed by atoms with Crippen molar-refractivity contribution in [2.45, 2.75) is 0 Å². The molecule has 0 aliphatic rings. The fraction of sp³-hybridized carbons (Fsp3) is 0.100. The van der Waals surface area contributed by atoms with Crippen molar-refractivity contribution in [3.05, 3.63) is 39.9 Å². The molecular weight excluding hydrogens is 223 g/mol. The van der Waals surface area contributed by atoms with E-state index in [-0.39, 0.29) is 6.61 Å². The van der Waals surface area contributed by atoms with Gasteiger partial charge in [-0.1, -0.05) is 35.3 Å². The summed E-state index contributed by atoms with van der Waals surface area (Å²) in [5.41, 5.74) is 0.911. The zero-order valence-electron chi connectivity index (χ0n) is 7.24. The van der Waals surface area contributed by atoms with E-state index < -0.39 is 0 Å². The third-order valence-electron chi connectivity index (χ3n) is 1.51. The molecule has 0 bridgehead atoms. The zero-order valence-corrected chi connectivity index (χ0v) is 8.76. The first-order valence-corrected chi connectivity index (χ1v) is 4.66. The average molecular weight is 231 g/mol. The monoisotopic (exact) mass is 230 g/mol. The highest BCUT2D eigenvalue weighted by Gasteiger charge is 1.95. The van der Waals surface area contributed by atoms with Crippen molar-refractivity contribution in [2.24, 2.45) is 0 Å². The van der Waals surface area contributed by atoms with Crippen LogP contribution in [0, 0.1) is 0 Å². The highest BCUT2D eigenvalue weighted by Crippen LogP contribution is 2.22. The van der Waals surface area contributed by atoms with E-state index in [1.807, 2.05) is 6.07 Å². The lowest BCUT2D eigenvalue weighted by atomic mass is 10.2. The highest BCUT2D eigenvalue weighted by molar-refractivity contribution is 6.42. The van der Waals surface area contributed by atoms with Crippen molar-refractivity contribution in [1.29, 1.82) is 0 Å². The maximum atomic E-state index is 9.82. The molecule has 4 heteroatoms. The summed E-state index contributed by atoms with van der Waals surface area (Å²) in [5.74, 6) is 0. The number of benzene rings is 1. The van der Waals surface area contributed by atoms with Crippen LogP contribution in [-0.4, -0.2) is 13.1 Å². The molecule has 0 aromatic heterocycles. The fourth-order valence-electron chi connectivity index (χ4n) is 0.895. The molecule has 0 heterocycles. The Kier molecular flexibility index (Phi) is 4.50. The number of hydrogen-bond acceptors (Lipinski definition) is 2.